The van der Waals surface area contributed by atoms with Crippen LogP contribution in [0.1, 0.15) is 12.8 Å². The van der Waals surface area contributed by atoms with E-state index in [2.05, 4.69) is 15.3 Å². The van der Waals surface area contributed by atoms with Gasteiger partial charge in [-0.1, -0.05) is 22.9 Å². The first kappa shape index (κ1) is 32.1. The van der Waals surface area contributed by atoms with Crippen LogP contribution in [0.25, 0.3) is 27.8 Å². The van der Waals surface area contributed by atoms with Crippen molar-refractivity contribution in [2.45, 2.75) is 18.9 Å². The van der Waals surface area contributed by atoms with Crippen LogP contribution in [0.2, 0.25) is 0 Å². The number of fused-ring (bicyclic) bond motifs is 3. The molecule has 3 saturated heterocycles. The third-order valence-corrected chi connectivity index (χ3v) is 9.32. The molecule has 8 rings (SSSR count). The van der Waals surface area contributed by atoms with Crippen molar-refractivity contribution in [3.63, 3.8) is 0 Å². The smallest absolute Gasteiger partial charge is 0.381 e. The molecule has 2 aromatic carbocycles. The van der Waals surface area contributed by atoms with Gasteiger partial charge in [-0.3, -0.25) is 19.1 Å². The van der Waals surface area contributed by atoms with Gasteiger partial charge in [0.1, 0.15) is 23.7 Å². The van der Waals surface area contributed by atoms with Gasteiger partial charge in [0.25, 0.3) is 0 Å². The quantitative estimate of drug-likeness (QED) is 0.123. The fourth-order valence-electron chi connectivity index (χ4n) is 7.18. The van der Waals surface area contributed by atoms with E-state index in [9.17, 15) is 19.2 Å². The van der Waals surface area contributed by atoms with Crippen LogP contribution in [0.4, 0.5) is 10.1 Å². The lowest BCUT2D eigenvalue weighted by atomic mass is 10.0. The maximum Gasteiger partial charge on any atom is 0.381 e. The summed E-state index contributed by atoms with van der Waals surface area (Å²) < 4.78 is 24.8. The van der Waals surface area contributed by atoms with Gasteiger partial charge in [-0.15, -0.1) is 9.83 Å². The van der Waals surface area contributed by atoms with E-state index in [4.69, 9.17) is 4.74 Å². The Morgan fingerprint density at radius 3 is 2.57 bits per heavy atom. The highest BCUT2D eigenvalue weighted by Crippen LogP contribution is 2.39. The van der Waals surface area contributed by atoms with Crippen LogP contribution in [-0.4, -0.2) is 117 Å². The van der Waals surface area contributed by atoms with Gasteiger partial charge in [0.15, 0.2) is 0 Å². The Morgan fingerprint density at radius 2 is 1.84 bits per heavy atom. The maximum atomic E-state index is 14.4. The number of rotatable bonds is 3. The maximum absolute atomic E-state index is 14.4. The number of pyridine rings is 1. The predicted molar refractivity (Wildman–Crippen MR) is 179 cm³/mol. The monoisotopic (exact) mass is 669 g/mol. The summed E-state index contributed by atoms with van der Waals surface area (Å²) in [4.78, 5) is 36.5. The molecule has 0 bridgehead atoms. The molecule has 0 spiro atoms. The molecule has 14 nitrogen and oxygen atoms in total. The fraction of sp³-hybridized carbons (Fsp3) is 0.382. The molecule has 6 heterocycles. The van der Waals surface area contributed by atoms with Crippen LogP contribution in [0.3, 0.4) is 0 Å². The van der Waals surface area contributed by atoms with Gasteiger partial charge in [-0.05, 0) is 49.2 Å². The zero-order valence-corrected chi connectivity index (χ0v) is 27.8. The van der Waals surface area contributed by atoms with Crippen molar-refractivity contribution in [1.82, 2.24) is 34.5 Å². The molecule has 3 aliphatic heterocycles. The molecule has 3 aromatic heterocycles. The third-order valence-electron chi connectivity index (χ3n) is 9.32. The Balaban J connectivity index is 0.000000188. The lowest BCUT2D eigenvalue weighted by Crippen LogP contribution is -2.46. The van der Waals surface area contributed by atoms with Crippen LogP contribution >= 0.6 is 0 Å². The van der Waals surface area contributed by atoms with E-state index in [1.54, 1.807) is 55.8 Å². The molecule has 254 valence electrons. The summed E-state index contributed by atoms with van der Waals surface area (Å²) in [6.07, 6.45) is 4.79. The zero-order valence-electron chi connectivity index (χ0n) is 27.8. The number of anilines is 1. The Labute approximate surface area is 281 Å². The van der Waals surface area contributed by atoms with Crippen molar-refractivity contribution in [3.8, 4) is 5.69 Å². The van der Waals surface area contributed by atoms with E-state index in [0.29, 0.717) is 48.0 Å². The second kappa shape index (κ2) is 12.9. The van der Waals surface area contributed by atoms with Crippen molar-refractivity contribution in [2.75, 3.05) is 59.4 Å². The van der Waals surface area contributed by atoms with Crippen molar-refractivity contribution < 1.29 is 28.1 Å². The first-order chi connectivity index (χ1) is 23.7. The van der Waals surface area contributed by atoms with Gasteiger partial charge in [0, 0.05) is 36.2 Å². The number of aromatic nitrogens is 6. The molecule has 5 aromatic rings. The second-order valence-corrected chi connectivity index (χ2v) is 12.9. The van der Waals surface area contributed by atoms with E-state index in [1.807, 2.05) is 61.9 Å². The number of hydrogen-bond acceptors (Lipinski definition) is 7. The minimum absolute atomic E-state index is 0.0378. The highest BCUT2D eigenvalue weighted by atomic mass is 19.1. The number of carbonyl (C=O) groups is 2. The molecule has 49 heavy (non-hydrogen) atoms. The molecule has 0 saturated carbocycles. The lowest BCUT2D eigenvalue weighted by Gasteiger charge is -2.26. The molecule has 0 unspecified atom stereocenters. The van der Waals surface area contributed by atoms with Crippen molar-refractivity contribution in [2.24, 2.45) is 11.8 Å². The largest absolute Gasteiger partial charge is 0.721 e. The van der Waals surface area contributed by atoms with Crippen molar-refractivity contribution in [1.29, 1.82) is 0 Å². The molecule has 3 fully saturated rings. The summed E-state index contributed by atoms with van der Waals surface area (Å²) in [6, 6.07) is 15.3. The average molecular weight is 670 g/mol. The molecule has 15 heteroatoms. The van der Waals surface area contributed by atoms with E-state index >= 15 is 0 Å². The number of carbonyl (C=O) groups excluding carboxylic acids is 2. The minimum Gasteiger partial charge on any atom is -0.721 e. The van der Waals surface area contributed by atoms with Crippen LogP contribution in [-0.2, 0) is 14.3 Å². The first-order valence-corrected chi connectivity index (χ1v) is 16.2. The van der Waals surface area contributed by atoms with Crippen LogP contribution < -0.4 is 9.75 Å². The summed E-state index contributed by atoms with van der Waals surface area (Å²) in [5, 5.41) is 20.7. The summed E-state index contributed by atoms with van der Waals surface area (Å²) in [6.45, 7) is 2.24. The molecular weight excluding hydrogens is 631 g/mol. The number of benzene rings is 2. The summed E-state index contributed by atoms with van der Waals surface area (Å²) in [7, 11) is 7.59. The summed E-state index contributed by atoms with van der Waals surface area (Å²) in [5.74, 6) is 0.391. The molecule has 0 radical (unpaired) electrons. The van der Waals surface area contributed by atoms with Gasteiger partial charge >= 0.3 is 11.6 Å². The normalized spacial score (nSPS) is 20.1. The van der Waals surface area contributed by atoms with Crippen LogP contribution in [0, 0.1) is 22.9 Å². The van der Waals surface area contributed by atoms with E-state index in [0.717, 1.165) is 35.4 Å². The molecule has 3 atom stereocenters. The standard InChI is InChI=1S/C24H23FN4O3.C10H15N6O/c25-18-4-1-2-5-21(18)29-20-7-3-6-19(17(20)12-26-29)28-13-15-8-10-27(22(15)24(28)31)23(30)16-9-11-32-14-16;1-13(2)10(14(3)4)15-8-6-5-7-11-9(8)16(17)12-15/h1-7,12,15-16,22H,8-11,13-14H2;5-7H,1-4H3/q;+1/t15-,16-,22-;/m1./s1. The number of nitrogens with zero attached hydrogens (tertiary/aromatic N) is 10. The second-order valence-electron chi connectivity index (χ2n) is 12.9. The van der Waals surface area contributed by atoms with Gasteiger partial charge in [0.05, 0.1) is 58.1 Å². The highest BCUT2D eigenvalue weighted by molar-refractivity contribution is 6.08. The van der Waals surface area contributed by atoms with Gasteiger partial charge in [-0.25, -0.2) is 9.07 Å². The lowest BCUT2D eigenvalue weighted by molar-refractivity contribution is -0.647. The number of para-hydroxylation sites is 1. The molecule has 0 aliphatic carbocycles. The van der Waals surface area contributed by atoms with E-state index in [1.165, 1.54) is 6.07 Å². The zero-order chi connectivity index (χ0) is 34.4. The Morgan fingerprint density at radius 1 is 1.06 bits per heavy atom. The SMILES string of the molecule is CN(C)C(n1n[n+]([O-])c2ncccc21)=[N+](C)C.O=C1[C@H]2[C@H](CCN2C(=O)[C@@H]2CCOC2)CN1c1cccc2c1cnn2-c1ccccc1F. The Hall–Kier alpha value is -5.44. The van der Waals surface area contributed by atoms with Crippen LogP contribution in [0.5, 0.6) is 0 Å². The van der Waals surface area contributed by atoms with E-state index < -0.39 is 6.04 Å². The molecular formula is C34H38FN10O4+. The molecule has 3 aliphatic rings. The number of ether oxygens (including phenoxy) is 1. The number of hydrogen-bond donors (Lipinski definition) is 0. The fourth-order valence-corrected chi connectivity index (χ4v) is 7.18. The van der Waals surface area contributed by atoms with Crippen molar-refractivity contribution in [3.05, 3.63) is 78.0 Å². The summed E-state index contributed by atoms with van der Waals surface area (Å²) in [5.41, 5.74) is 2.84. The van der Waals surface area contributed by atoms with Crippen molar-refractivity contribution >= 4 is 45.5 Å². The number of likely N-dealkylation sites (tertiary alicyclic amines) is 1. The van der Waals surface area contributed by atoms with Gasteiger partial charge < -0.3 is 19.7 Å². The topological polar surface area (TPSA) is 132 Å². The van der Waals surface area contributed by atoms with E-state index in [-0.39, 0.29) is 29.5 Å². The predicted octanol–water partition coefficient (Wildman–Crippen LogP) is 1.87. The average Bonchev–Trinajstić information content (AvgIpc) is 3.92. The molecule has 0 N–H and O–H groups in total. The Bertz CT molecular complexity index is 2080. The summed E-state index contributed by atoms with van der Waals surface area (Å²) >= 11 is 0. The van der Waals surface area contributed by atoms with Gasteiger partial charge in [0.2, 0.25) is 17.3 Å². The third kappa shape index (κ3) is 5.63. The minimum atomic E-state index is -0.417. The van der Waals surface area contributed by atoms with Crippen LogP contribution in [0.15, 0.2) is 67.0 Å². The Kier molecular flexibility index (Phi) is 8.44. The highest BCUT2D eigenvalue weighted by Gasteiger charge is 2.51. The van der Waals surface area contributed by atoms with Gasteiger partial charge in [-0.2, -0.15) is 5.10 Å². The molecule has 2 amide bonds. The number of halogens is 1. The number of amides is 2. The first-order valence-electron chi connectivity index (χ1n) is 16.2.